The van der Waals surface area contributed by atoms with Gasteiger partial charge in [0.15, 0.2) is 7.28 Å². The van der Waals surface area contributed by atoms with Crippen molar-refractivity contribution in [2.45, 2.75) is 90.9 Å². The molecule has 3 aliphatic rings. The van der Waals surface area contributed by atoms with E-state index in [1.54, 1.807) is 0 Å². The molecule has 2 nitrogen and oxygen atoms in total. The van der Waals surface area contributed by atoms with Crippen molar-refractivity contribution in [2.24, 2.45) is 0 Å². The summed E-state index contributed by atoms with van der Waals surface area (Å²) >= 11 is 1.91. The first kappa shape index (κ1) is 40.0. The molecule has 0 spiro atoms. The van der Waals surface area contributed by atoms with Gasteiger partial charge in [-0.15, -0.1) is 11.3 Å². The van der Waals surface area contributed by atoms with Crippen molar-refractivity contribution >= 4 is 82.9 Å². The van der Waals surface area contributed by atoms with Crippen molar-refractivity contribution in [3.8, 4) is 39.1 Å². The number of thiophene rings is 1. The third-order valence-corrected chi connectivity index (χ3v) is 17.1. The fourth-order valence-electron chi connectivity index (χ4n) is 12.2. The maximum atomic E-state index is 4.04. The lowest BCUT2D eigenvalue weighted by atomic mass is 9.59. The summed E-state index contributed by atoms with van der Waals surface area (Å²) in [6.07, 6.45) is 0. The normalized spacial score (nSPS) is 15.2. The van der Waals surface area contributed by atoms with Crippen LogP contribution in [0, 0.1) is 0 Å². The number of nitrogens with one attached hydrogen (secondary N) is 1. The summed E-state index contributed by atoms with van der Waals surface area (Å²) in [5.41, 5.74) is 25.1. The number of hydrogen-bond acceptors (Lipinski definition) is 2. The first-order valence-electron chi connectivity index (χ1n) is 23.9. The summed E-state index contributed by atoms with van der Waals surface area (Å²) in [6, 6.07) is 54.4. The molecule has 322 valence electrons. The Labute approximate surface area is 393 Å². The van der Waals surface area contributed by atoms with Gasteiger partial charge in [-0.2, -0.15) is 0 Å². The van der Waals surface area contributed by atoms with E-state index in [2.05, 4.69) is 219 Å². The molecule has 10 aromatic rings. The molecule has 2 aromatic heterocycles. The second-order valence-electron chi connectivity index (χ2n) is 22.7. The van der Waals surface area contributed by atoms with Crippen LogP contribution in [0.1, 0.15) is 103 Å². The Balaban J connectivity index is 1.10. The highest BCUT2D eigenvalue weighted by atomic mass is 32.1. The minimum absolute atomic E-state index is 0.0595. The summed E-state index contributed by atoms with van der Waals surface area (Å²) in [7, 11) is 0.848. The third-order valence-electron chi connectivity index (χ3n) is 15.9. The van der Waals surface area contributed by atoms with E-state index in [1.807, 2.05) is 11.3 Å². The van der Waals surface area contributed by atoms with Crippen LogP contribution in [0.25, 0.3) is 81.0 Å². The van der Waals surface area contributed by atoms with Gasteiger partial charge in [-0.25, -0.2) is 0 Å². The van der Waals surface area contributed by atoms with Crippen LogP contribution < -0.4 is 16.2 Å². The molecular weight excluding hydrogens is 816 g/mol. The van der Waals surface area contributed by atoms with Gasteiger partial charge in [-0.1, -0.05) is 166 Å². The quantitative estimate of drug-likeness (QED) is 0.175. The number of fused-ring (bicyclic) bond motifs is 14. The van der Waals surface area contributed by atoms with Crippen LogP contribution in [0.15, 0.2) is 140 Å². The first-order valence-corrected chi connectivity index (χ1v) is 24.7. The number of benzene rings is 8. The molecular formula is C62H55BN2S. The van der Waals surface area contributed by atoms with Crippen LogP contribution in [-0.4, -0.2) is 11.8 Å². The summed E-state index contributed by atoms with van der Waals surface area (Å²) in [5.74, 6) is 0. The van der Waals surface area contributed by atoms with Crippen molar-refractivity contribution in [1.29, 1.82) is 0 Å². The minimum Gasteiger partial charge on any atom is -0.355 e. The predicted molar refractivity (Wildman–Crippen MR) is 288 cm³/mol. The van der Waals surface area contributed by atoms with E-state index < -0.39 is 0 Å². The molecule has 3 heterocycles. The lowest BCUT2D eigenvalue weighted by molar-refractivity contribution is 0.584. The molecule has 0 atom stereocenters. The summed E-state index contributed by atoms with van der Waals surface area (Å²) < 4.78 is 5.34. The SMILES string of the molecule is CC(C)(C)c1ccc(Nc2cc3c(cc2-c2ccc4c5cc6c(cc5n5c4c2Bc2cc4c(cc2-5)sc2ccccc24)-c2ccccc2C6(C)C)-c2ccc(C(C)(C)C)cc2C3(C)C)cc1. The Hall–Kier alpha value is -6.36. The smallest absolute Gasteiger partial charge is 0.198 e. The number of rotatable bonds is 3. The van der Waals surface area contributed by atoms with Crippen LogP contribution in [0.5, 0.6) is 0 Å². The largest absolute Gasteiger partial charge is 0.355 e. The molecule has 4 heteroatoms. The Morgan fingerprint density at radius 2 is 1.14 bits per heavy atom. The van der Waals surface area contributed by atoms with Crippen LogP contribution in [0.4, 0.5) is 11.4 Å². The summed E-state index contributed by atoms with van der Waals surface area (Å²) in [6.45, 7) is 23.5. The molecule has 0 amide bonds. The average Bonchev–Trinajstić information content (AvgIpc) is 3.95. The average molecular weight is 871 g/mol. The zero-order chi connectivity index (χ0) is 45.4. The first-order chi connectivity index (χ1) is 31.5. The Morgan fingerprint density at radius 3 is 1.92 bits per heavy atom. The number of anilines is 2. The van der Waals surface area contributed by atoms with Crippen LogP contribution >= 0.6 is 11.3 Å². The van der Waals surface area contributed by atoms with E-state index >= 15 is 0 Å². The maximum absolute atomic E-state index is 4.04. The van der Waals surface area contributed by atoms with E-state index in [0.717, 1.165) is 18.7 Å². The lowest BCUT2D eigenvalue weighted by Gasteiger charge is -2.27. The van der Waals surface area contributed by atoms with Gasteiger partial charge in [0.1, 0.15) is 0 Å². The molecule has 0 saturated carbocycles. The standard InChI is InChI=1S/C62H55BN2S/c1-59(2,3)34-19-22-36(23-20-34)64-52-32-50-42(38-24-21-35(60(4,5)6)27-48(38)62(50,9)10)28-44(52)40-25-26-41-45-29-49-43(37-15-11-13-17-47(37)61(49,7)8)31-53(45)65-54-33-56-46(30-51(54)63-57(40)58(41)65)39-16-12-14-18-55(39)66-56/h11-33,63-64H,1-10H3. The van der Waals surface area contributed by atoms with Crippen molar-refractivity contribution in [3.05, 3.63) is 173 Å². The maximum Gasteiger partial charge on any atom is 0.198 e. The van der Waals surface area contributed by atoms with Gasteiger partial charge in [0.05, 0.1) is 5.52 Å². The van der Waals surface area contributed by atoms with Gasteiger partial charge in [0, 0.05) is 64.5 Å². The minimum atomic E-state index is -0.165. The fraction of sp³-hybridized carbons (Fsp3) is 0.226. The van der Waals surface area contributed by atoms with Crippen LogP contribution in [-0.2, 0) is 21.7 Å². The van der Waals surface area contributed by atoms with Gasteiger partial charge in [-0.05, 0) is 131 Å². The molecule has 66 heavy (non-hydrogen) atoms. The van der Waals surface area contributed by atoms with E-state index in [1.165, 1.54) is 125 Å². The van der Waals surface area contributed by atoms with Crippen LogP contribution in [0.2, 0.25) is 0 Å². The predicted octanol–water partition coefficient (Wildman–Crippen LogP) is 15.5. The Kier molecular flexibility index (Phi) is 7.97. The molecule has 0 saturated heterocycles. The Bertz CT molecular complexity index is 3770. The van der Waals surface area contributed by atoms with E-state index in [0.29, 0.717) is 0 Å². The molecule has 0 bridgehead atoms. The number of nitrogens with zero attached hydrogens (tertiary/aromatic N) is 1. The zero-order valence-corrected chi connectivity index (χ0v) is 40.7. The van der Waals surface area contributed by atoms with Gasteiger partial charge in [-0.3, -0.25) is 0 Å². The van der Waals surface area contributed by atoms with Gasteiger partial charge in [0.2, 0.25) is 0 Å². The summed E-state index contributed by atoms with van der Waals surface area (Å²) in [5, 5.41) is 9.40. The Morgan fingerprint density at radius 1 is 0.485 bits per heavy atom. The highest BCUT2D eigenvalue weighted by Crippen LogP contribution is 2.54. The van der Waals surface area contributed by atoms with Crippen molar-refractivity contribution in [1.82, 2.24) is 4.57 Å². The molecule has 13 rings (SSSR count). The van der Waals surface area contributed by atoms with Gasteiger partial charge in [0.25, 0.3) is 0 Å². The molecule has 0 unspecified atom stereocenters. The highest BCUT2D eigenvalue weighted by molar-refractivity contribution is 7.25. The second-order valence-corrected chi connectivity index (χ2v) is 23.8. The van der Waals surface area contributed by atoms with Crippen LogP contribution in [0.3, 0.4) is 0 Å². The molecule has 1 N–H and O–H groups in total. The molecule has 1 aliphatic heterocycles. The van der Waals surface area contributed by atoms with Gasteiger partial charge < -0.3 is 9.88 Å². The van der Waals surface area contributed by atoms with Gasteiger partial charge >= 0.3 is 0 Å². The van der Waals surface area contributed by atoms with E-state index in [4.69, 9.17) is 0 Å². The van der Waals surface area contributed by atoms with Crippen molar-refractivity contribution < 1.29 is 0 Å². The molecule has 0 radical (unpaired) electrons. The zero-order valence-electron chi connectivity index (χ0n) is 39.8. The summed E-state index contributed by atoms with van der Waals surface area (Å²) in [4.78, 5) is 0. The lowest BCUT2D eigenvalue weighted by Crippen LogP contribution is -2.37. The number of hydrogen-bond donors (Lipinski definition) is 1. The number of aromatic nitrogens is 1. The monoisotopic (exact) mass is 870 g/mol. The molecule has 8 aromatic carbocycles. The second kappa shape index (κ2) is 13.2. The molecule has 0 fully saturated rings. The van der Waals surface area contributed by atoms with Crippen molar-refractivity contribution in [3.63, 3.8) is 0 Å². The van der Waals surface area contributed by atoms with E-state index in [-0.39, 0.29) is 21.7 Å². The topological polar surface area (TPSA) is 17.0 Å². The molecule has 2 aliphatic carbocycles. The highest BCUT2D eigenvalue weighted by Gasteiger charge is 2.39. The fourth-order valence-corrected chi connectivity index (χ4v) is 13.3. The third kappa shape index (κ3) is 5.48. The van der Waals surface area contributed by atoms with E-state index in [9.17, 15) is 0 Å². The van der Waals surface area contributed by atoms with Crippen molar-refractivity contribution in [2.75, 3.05) is 5.32 Å².